The van der Waals surface area contributed by atoms with Gasteiger partial charge in [-0.15, -0.1) is 12.4 Å². The maximum absolute atomic E-state index is 12.5. The van der Waals surface area contributed by atoms with Crippen molar-refractivity contribution in [3.8, 4) is 0 Å². The highest BCUT2D eigenvalue weighted by molar-refractivity contribution is 6.13. The third-order valence-electron chi connectivity index (χ3n) is 4.68. The van der Waals surface area contributed by atoms with Gasteiger partial charge in [0.1, 0.15) is 11.3 Å². The molecule has 3 heterocycles. The van der Waals surface area contributed by atoms with Gasteiger partial charge in [-0.1, -0.05) is 0 Å². The molecule has 0 spiro atoms. The zero-order valence-electron chi connectivity index (χ0n) is 15.2. The third-order valence-corrected chi connectivity index (χ3v) is 4.68. The standard InChI is InChI=1S/C19H20N2O5.ClH/c1-11-9-16(23)26-19-13(11)3-4-14-17(19)18(12(2)25-14)20-15(22)10-21-5-7-24-8-6-21;/h3-4,9H,5-8,10H2,1-2H3,(H,20,22);1H. The number of nitrogens with one attached hydrogen (secondary N) is 1. The second-order valence-corrected chi connectivity index (χ2v) is 6.53. The number of aryl methyl sites for hydroxylation is 2. The van der Waals surface area contributed by atoms with E-state index < -0.39 is 5.63 Å². The second-order valence-electron chi connectivity index (χ2n) is 6.53. The van der Waals surface area contributed by atoms with Gasteiger partial charge in [0.15, 0.2) is 5.58 Å². The Morgan fingerprint density at radius 1 is 1.19 bits per heavy atom. The molecule has 0 radical (unpaired) electrons. The lowest BCUT2D eigenvalue weighted by molar-refractivity contribution is -0.118. The molecule has 4 rings (SSSR count). The van der Waals surface area contributed by atoms with E-state index in [4.69, 9.17) is 13.6 Å². The molecular weight excluding hydrogens is 372 g/mol. The summed E-state index contributed by atoms with van der Waals surface area (Å²) >= 11 is 0. The monoisotopic (exact) mass is 392 g/mol. The van der Waals surface area contributed by atoms with Gasteiger partial charge < -0.3 is 18.9 Å². The maximum atomic E-state index is 12.5. The number of amides is 1. The largest absolute Gasteiger partial charge is 0.459 e. The van der Waals surface area contributed by atoms with Crippen molar-refractivity contribution in [1.82, 2.24) is 4.90 Å². The lowest BCUT2D eigenvalue weighted by atomic mass is 10.1. The summed E-state index contributed by atoms with van der Waals surface area (Å²) in [5.41, 5.74) is 1.96. The summed E-state index contributed by atoms with van der Waals surface area (Å²) in [5.74, 6) is 0.441. The lowest BCUT2D eigenvalue weighted by Gasteiger charge is -2.25. The minimum absolute atomic E-state index is 0. The van der Waals surface area contributed by atoms with Crippen molar-refractivity contribution in [2.24, 2.45) is 0 Å². The zero-order valence-corrected chi connectivity index (χ0v) is 16.0. The van der Waals surface area contributed by atoms with Crippen molar-refractivity contribution in [2.75, 3.05) is 38.2 Å². The van der Waals surface area contributed by atoms with Gasteiger partial charge in [-0.2, -0.15) is 0 Å². The summed E-state index contributed by atoms with van der Waals surface area (Å²) in [7, 11) is 0. The smallest absolute Gasteiger partial charge is 0.336 e. The normalized spacial score (nSPS) is 15.0. The Bertz CT molecular complexity index is 1050. The van der Waals surface area contributed by atoms with Crippen molar-refractivity contribution in [3.05, 3.63) is 39.9 Å². The van der Waals surface area contributed by atoms with E-state index in [0.717, 1.165) is 24.0 Å². The number of nitrogens with zero attached hydrogens (tertiary/aromatic N) is 1. The van der Waals surface area contributed by atoms with Crippen LogP contribution in [0.1, 0.15) is 11.3 Å². The molecule has 1 amide bonds. The third kappa shape index (κ3) is 3.71. The highest BCUT2D eigenvalue weighted by Gasteiger charge is 2.20. The fourth-order valence-electron chi connectivity index (χ4n) is 3.37. The van der Waals surface area contributed by atoms with E-state index in [9.17, 15) is 9.59 Å². The van der Waals surface area contributed by atoms with Gasteiger partial charge in [-0.05, 0) is 31.5 Å². The molecule has 27 heavy (non-hydrogen) atoms. The van der Waals surface area contributed by atoms with E-state index in [-0.39, 0.29) is 24.9 Å². The van der Waals surface area contributed by atoms with E-state index in [2.05, 4.69) is 5.32 Å². The average molecular weight is 393 g/mol. The maximum Gasteiger partial charge on any atom is 0.336 e. The number of ether oxygens (including phenoxy) is 1. The molecular formula is C19H21ClN2O5. The lowest BCUT2D eigenvalue weighted by Crippen LogP contribution is -2.41. The van der Waals surface area contributed by atoms with Gasteiger partial charge in [0.05, 0.1) is 30.8 Å². The van der Waals surface area contributed by atoms with Crippen LogP contribution >= 0.6 is 12.4 Å². The molecule has 0 aliphatic carbocycles. The van der Waals surface area contributed by atoms with Crippen LogP contribution in [0.3, 0.4) is 0 Å². The molecule has 0 unspecified atom stereocenters. The van der Waals surface area contributed by atoms with Gasteiger partial charge in [0.2, 0.25) is 5.91 Å². The predicted octanol–water partition coefficient (Wildman–Crippen LogP) is 2.85. The summed E-state index contributed by atoms with van der Waals surface area (Å²) in [6, 6.07) is 5.14. The number of carbonyl (C=O) groups is 1. The summed E-state index contributed by atoms with van der Waals surface area (Å²) in [4.78, 5) is 26.4. The summed E-state index contributed by atoms with van der Waals surface area (Å²) in [6.07, 6.45) is 0. The first-order valence-electron chi connectivity index (χ1n) is 8.59. The van der Waals surface area contributed by atoms with Crippen LogP contribution in [0.2, 0.25) is 0 Å². The molecule has 0 bridgehead atoms. The molecule has 1 aliphatic heterocycles. The van der Waals surface area contributed by atoms with Gasteiger partial charge in [-0.25, -0.2) is 4.79 Å². The van der Waals surface area contributed by atoms with Crippen molar-refractivity contribution in [1.29, 1.82) is 0 Å². The van der Waals surface area contributed by atoms with Crippen LogP contribution < -0.4 is 10.9 Å². The second kappa shape index (κ2) is 7.72. The number of halogens is 1. The molecule has 1 N–H and O–H groups in total. The van der Waals surface area contributed by atoms with Gasteiger partial charge in [0, 0.05) is 24.5 Å². The van der Waals surface area contributed by atoms with Gasteiger partial charge in [-0.3, -0.25) is 9.69 Å². The van der Waals surface area contributed by atoms with Crippen LogP contribution in [-0.4, -0.2) is 43.7 Å². The van der Waals surface area contributed by atoms with E-state index >= 15 is 0 Å². The summed E-state index contributed by atoms with van der Waals surface area (Å²) < 4.78 is 16.5. The Labute approximate surface area is 161 Å². The molecule has 7 nitrogen and oxygen atoms in total. The number of anilines is 1. The van der Waals surface area contributed by atoms with Crippen LogP contribution in [0.5, 0.6) is 0 Å². The van der Waals surface area contributed by atoms with Crippen LogP contribution in [-0.2, 0) is 9.53 Å². The summed E-state index contributed by atoms with van der Waals surface area (Å²) in [6.45, 7) is 6.65. The number of benzene rings is 1. The highest BCUT2D eigenvalue weighted by atomic mass is 35.5. The zero-order chi connectivity index (χ0) is 18.3. The molecule has 1 saturated heterocycles. The molecule has 0 saturated carbocycles. The minimum atomic E-state index is -0.424. The van der Waals surface area contributed by atoms with Crippen molar-refractivity contribution >= 4 is 45.9 Å². The number of hydrogen-bond acceptors (Lipinski definition) is 6. The van der Waals surface area contributed by atoms with Crippen LogP contribution in [0.4, 0.5) is 5.69 Å². The fourth-order valence-corrected chi connectivity index (χ4v) is 3.37. The van der Waals surface area contributed by atoms with Crippen molar-refractivity contribution in [2.45, 2.75) is 13.8 Å². The Morgan fingerprint density at radius 3 is 2.67 bits per heavy atom. The first-order chi connectivity index (χ1) is 12.5. The number of morpholine rings is 1. The van der Waals surface area contributed by atoms with Gasteiger partial charge >= 0.3 is 5.63 Å². The Hall–Kier alpha value is -2.35. The Kier molecular flexibility index (Phi) is 5.55. The quantitative estimate of drug-likeness (QED) is 0.690. The van der Waals surface area contributed by atoms with Gasteiger partial charge in [0.25, 0.3) is 0 Å². The molecule has 0 atom stereocenters. The van der Waals surface area contributed by atoms with E-state index in [0.29, 0.717) is 41.2 Å². The minimum Gasteiger partial charge on any atom is -0.459 e. The first kappa shape index (κ1) is 19.4. The molecule has 144 valence electrons. The number of furan rings is 1. The van der Waals surface area contributed by atoms with E-state index in [1.165, 1.54) is 6.07 Å². The predicted molar refractivity (Wildman–Crippen MR) is 105 cm³/mol. The molecule has 1 aliphatic rings. The molecule has 8 heteroatoms. The van der Waals surface area contributed by atoms with Crippen molar-refractivity contribution < 1.29 is 18.4 Å². The SMILES string of the molecule is Cc1oc2ccc3c(C)cc(=O)oc3c2c1NC(=O)CN1CCOCC1.Cl. The van der Waals surface area contributed by atoms with E-state index in [1.54, 1.807) is 6.92 Å². The van der Waals surface area contributed by atoms with Crippen molar-refractivity contribution in [3.63, 3.8) is 0 Å². The van der Waals surface area contributed by atoms with E-state index in [1.807, 2.05) is 24.0 Å². The fraction of sp³-hybridized carbons (Fsp3) is 0.368. The Balaban J connectivity index is 0.00000210. The number of rotatable bonds is 3. The molecule has 1 aromatic carbocycles. The number of fused-ring (bicyclic) bond motifs is 3. The molecule has 1 fully saturated rings. The number of hydrogen-bond donors (Lipinski definition) is 1. The first-order valence-corrected chi connectivity index (χ1v) is 8.59. The van der Waals surface area contributed by atoms with Crippen LogP contribution in [0, 0.1) is 13.8 Å². The molecule has 2 aromatic heterocycles. The molecule has 3 aromatic rings. The highest BCUT2D eigenvalue weighted by Crippen LogP contribution is 2.36. The average Bonchev–Trinajstić information content (AvgIpc) is 2.91. The Morgan fingerprint density at radius 2 is 1.93 bits per heavy atom. The van der Waals surface area contributed by atoms with Crippen LogP contribution in [0.25, 0.3) is 21.9 Å². The van der Waals surface area contributed by atoms with Crippen LogP contribution in [0.15, 0.2) is 31.8 Å². The topological polar surface area (TPSA) is 84.9 Å². The summed E-state index contributed by atoms with van der Waals surface area (Å²) in [5, 5.41) is 4.38. The number of carbonyl (C=O) groups excluding carboxylic acids is 1.